The molecule has 2 aromatic rings. The van der Waals surface area contributed by atoms with Gasteiger partial charge in [0.1, 0.15) is 5.82 Å². The summed E-state index contributed by atoms with van der Waals surface area (Å²) >= 11 is 0. The summed E-state index contributed by atoms with van der Waals surface area (Å²) in [5.74, 6) is -0.441. The van der Waals surface area contributed by atoms with Gasteiger partial charge in [0, 0.05) is 18.7 Å². The Bertz CT molecular complexity index is 702. The van der Waals surface area contributed by atoms with Crippen molar-refractivity contribution in [2.24, 2.45) is 0 Å². The smallest absolute Gasteiger partial charge is 0.407 e. The fraction of sp³-hybridized carbons (Fsp3) is 0.222. The minimum Gasteiger partial charge on any atom is -0.453 e. The van der Waals surface area contributed by atoms with Crippen molar-refractivity contribution in [2.75, 3.05) is 12.4 Å². The Morgan fingerprint density at radius 2 is 1.83 bits per heavy atom. The second kappa shape index (κ2) is 8.67. The largest absolute Gasteiger partial charge is 0.453 e. The molecule has 0 fully saturated rings. The summed E-state index contributed by atoms with van der Waals surface area (Å²) in [5, 5.41) is 5.36. The van der Waals surface area contributed by atoms with E-state index in [0.29, 0.717) is 18.7 Å². The maximum atomic E-state index is 13.1. The monoisotopic (exact) mass is 330 g/mol. The molecule has 0 radical (unpaired) electrons. The summed E-state index contributed by atoms with van der Waals surface area (Å²) in [6.45, 7) is 0.348. The first kappa shape index (κ1) is 17.5. The maximum absolute atomic E-state index is 13.1. The topological polar surface area (TPSA) is 67.4 Å². The van der Waals surface area contributed by atoms with Crippen LogP contribution in [0.4, 0.5) is 14.9 Å². The Morgan fingerprint density at radius 3 is 2.50 bits per heavy atom. The van der Waals surface area contributed by atoms with E-state index in [1.807, 2.05) is 0 Å². The highest BCUT2D eigenvalue weighted by Gasteiger charge is 2.05. The summed E-state index contributed by atoms with van der Waals surface area (Å²) < 4.78 is 17.6. The SMILES string of the molecule is COC(=O)NCc1ccc(NC(=O)CCc2cccc(F)c2)cc1. The third-order valence-electron chi connectivity index (χ3n) is 3.39. The van der Waals surface area contributed by atoms with Crippen LogP contribution in [0.15, 0.2) is 48.5 Å². The normalized spacial score (nSPS) is 10.1. The molecule has 0 spiro atoms. The Balaban J connectivity index is 1.80. The van der Waals surface area contributed by atoms with Crippen LogP contribution in [-0.2, 0) is 22.5 Å². The lowest BCUT2D eigenvalue weighted by Crippen LogP contribution is -2.22. The van der Waals surface area contributed by atoms with Gasteiger partial charge >= 0.3 is 6.09 Å². The van der Waals surface area contributed by atoms with Crippen LogP contribution >= 0.6 is 0 Å². The molecule has 6 heteroatoms. The van der Waals surface area contributed by atoms with Crippen LogP contribution in [0.2, 0.25) is 0 Å². The van der Waals surface area contributed by atoms with Gasteiger partial charge in [-0.15, -0.1) is 0 Å². The van der Waals surface area contributed by atoms with Gasteiger partial charge in [0.15, 0.2) is 0 Å². The van der Waals surface area contributed by atoms with E-state index in [2.05, 4.69) is 15.4 Å². The van der Waals surface area contributed by atoms with Crippen molar-refractivity contribution in [3.8, 4) is 0 Å². The molecule has 0 bridgehead atoms. The molecule has 2 aromatic carbocycles. The average Bonchev–Trinajstić information content (AvgIpc) is 2.59. The van der Waals surface area contributed by atoms with Crippen LogP contribution in [0, 0.1) is 5.82 Å². The van der Waals surface area contributed by atoms with Gasteiger partial charge in [-0.25, -0.2) is 9.18 Å². The lowest BCUT2D eigenvalue weighted by molar-refractivity contribution is -0.116. The van der Waals surface area contributed by atoms with Crippen LogP contribution in [0.25, 0.3) is 0 Å². The number of alkyl carbamates (subject to hydrolysis) is 1. The molecule has 5 nitrogen and oxygen atoms in total. The third-order valence-corrected chi connectivity index (χ3v) is 3.39. The number of aryl methyl sites for hydroxylation is 1. The molecule has 0 saturated carbocycles. The molecule has 0 saturated heterocycles. The van der Waals surface area contributed by atoms with Gasteiger partial charge < -0.3 is 15.4 Å². The van der Waals surface area contributed by atoms with Crippen molar-refractivity contribution in [1.82, 2.24) is 5.32 Å². The number of halogens is 1. The molecular weight excluding hydrogens is 311 g/mol. The van der Waals surface area contributed by atoms with E-state index < -0.39 is 6.09 Å². The molecule has 2 amide bonds. The first-order chi connectivity index (χ1) is 11.6. The molecule has 0 atom stereocenters. The number of hydrogen-bond donors (Lipinski definition) is 2. The minimum atomic E-state index is -0.496. The van der Waals surface area contributed by atoms with Crippen molar-refractivity contribution >= 4 is 17.7 Å². The molecule has 0 aromatic heterocycles. The fourth-order valence-electron chi connectivity index (χ4n) is 2.13. The van der Waals surface area contributed by atoms with Crippen LogP contribution in [-0.4, -0.2) is 19.1 Å². The van der Waals surface area contributed by atoms with Gasteiger partial charge in [-0.2, -0.15) is 0 Å². The van der Waals surface area contributed by atoms with E-state index in [4.69, 9.17) is 0 Å². The van der Waals surface area contributed by atoms with E-state index in [1.54, 1.807) is 36.4 Å². The molecule has 0 unspecified atom stereocenters. The second-order valence-electron chi connectivity index (χ2n) is 5.22. The third kappa shape index (κ3) is 5.72. The first-order valence-corrected chi connectivity index (χ1v) is 7.52. The summed E-state index contributed by atoms with van der Waals surface area (Å²) in [5.41, 5.74) is 2.34. The predicted octanol–water partition coefficient (Wildman–Crippen LogP) is 3.25. The molecule has 126 valence electrons. The van der Waals surface area contributed by atoms with Crippen LogP contribution in [0.1, 0.15) is 17.5 Å². The molecular formula is C18H19FN2O3. The number of hydrogen-bond acceptors (Lipinski definition) is 3. The Labute approximate surface area is 139 Å². The number of carbonyl (C=O) groups excluding carboxylic acids is 2. The minimum absolute atomic E-state index is 0.139. The average molecular weight is 330 g/mol. The molecule has 24 heavy (non-hydrogen) atoms. The van der Waals surface area contributed by atoms with Crippen LogP contribution < -0.4 is 10.6 Å². The van der Waals surface area contributed by atoms with Gasteiger partial charge in [0.05, 0.1) is 7.11 Å². The molecule has 2 N–H and O–H groups in total. The number of ether oxygens (including phenoxy) is 1. The van der Waals surface area contributed by atoms with Gasteiger partial charge in [0.25, 0.3) is 0 Å². The van der Waals surface area contributed by atoms with Gasteiger partial charge in [-0.3, -0.25) is 4.79 Å². The number of rotatable bonds is 6. The molecule has 0 aliphatic heterocycles. The van der Waals surface area contributed by atoms with E-state index >= 15 is 0 Å². The van der Waals surface area contributed by atoms with E-state index in [9.17, 15) is 14.0 Å². The van der Waals surface area contributed by atoms with E-state index in [0.717, 1.165) is 11.1 Å². The zero-order valence-electron chi connectivity index (χ0n) is 13.3. The number of anilines is 1. The number of carbonyl (C=O) groups is 2. The summed E-state index contributed by atoms with van der Waals surface area (Å²) in [6, 6.07) is 13.3. The zero-order valence-corrected chi connectivity index (χ0v) is 13.3. The van der Waals surface area contributed by atoms with Crippen molar-refractivity contribution in [1.29, 1.82) is 0 Å². The maximum Gasteiger partial charge on any atom is 0.407 e. The summed E-state index contributed by atoms with van der Waals surface area (Å²) in [6.07, 6.45) is 0.254. The summed E-state index contributed by atoms with van der Waals surface area (Å²) in [4.78, 5) is 22.9. The van der Waals surface area contributed by atoms with Crippen molar-refractivity contribution in [2.45, 2.75) is 19.4 Å². The second-order valence-corrected chi connectivity index (χ2v) is 5.22. The van der Waals surface area contributed by atoms with Crippen molar-refractivity contribution in [3.63, 3.8) is 0 Å². The highest BCUT2D eigenvalue weighted by molar-refractivity contribution is 5.90. The molecule has 0 aliphatic carbocycles. The van der Waals surface area contributed by atoms with E-state index in [-0.39, 0.29) is 18.1 Å². The highest BCUT2D eigenvalue weighted by atomic mass is 19.1. The Hall–Kier alpha value is -2.89. The van der Waals surface area contributed by atoms with E-state index in [1.165, 1.54) is 19.2 Å². The molecule has 2 rings (SSSR count). The quantitative estimate of drug-likeness (QED) is 0.854. The molecule has 0 heterocycles. The Morgan fingerprint density at radius 1 is 1.08 bits per heavy atom. The molecule has 0 aliphatic rings. The number of nitrogens with one attached hydrogen (secondary N) is 2. The van der Waals surface area contributed by atoms with Gasteiger partial charge in [-0.1, -0.05) is 24.3 Å². The fourth-order valence-corrected chi connectivity index (χ4v) is 2.13. The van der Waals surface area contributed by atoms with Crippen molar-refractivity contribution < 1.29 is 18.7 Å². The lowest BCUT2D eigenvalue weighted by Gasteiger charge is -2.07. The van der Waals surface area contributed by atoms with Gasteiger partial charge in [-0.05, 0) is 41.8 Å². The number of benzene rings is 2. The first-order valence-electron chi connectivity index (χ1n) is 7.52. The van der Waals surface area contributed by atoms with Crippen molar-refractivity contribution in [3.05, 3.63) is 65.5 Å². The predicted molar refractivity (Wildman–Crippen MR) is 89.0 cm³/mol. The lowest BCUT2D eigenvalue weighted by atomic mass is 10.1. The highest BCUT2D eigenvalue weighted by Crippen LogP contribution is 2.11. The van der Waals surface area contributed by atoms with Gasteiger partial charge in [0.2, 0.25) is 5.91 Å². The van der Waals surface area contributed by atoms with Crippen LogP contribution in [0.5, 0.6) is 0 Å². The van der Waals surface area contributed by atoms with Crippen LogP contribution in [0.3, 0.4) is 0 Å². The number of methoxy groups -OCH3 is 1. The standard InChI is InChI=1S/C18H19FN2O3/c1-24-18(23)20-12-14-5-8-16(9-6-14)21-17(22)10-7-13-3-2-4-15(19)11-13/h2-6,8-9,11H,7,10,12H2,1H3,(H,20,23)(H,21,22). The Kier molecular flexibility index (Phi) is 6.31. The summed E-state index contributed by atoms with van der Waals surface area (Å²) in [7, 11) is 1.30. The number of amides is 2. The zero-order chi connectivity index (χ0) is 17.4.